The third-order valence-corrected chi connectivity index (χ3v) is 2.29. The number of alkyl halides is 3. The van der Waals surface area contributed by atoms with Gasteiger partial charge in [-0.15, -0.1) is 0 Å². The Bertz CT molecular complexity index is 406. The second kappa shape index (κ2) is 5.39. The molecule has 1 aromatic carbocycles. The molecule has 17 heavy (non-hydrogen) atoms. The largest absolute Gasteiger partial charge is 0.481 e. The fourth-order valence-electron chi connectivity index (χ4n) is 1.09. The smallest absolute Gasteiger partial charge is 0.425 e. The molecule has 0 fully saturated rings. The standard InChI is InChI=1S/C10H8BrF3O3/c11-6-2-1-3-7(4-6)17-8(5-9(15)16)10(12,13)14/h1-4,8H,5H2,(H,15,16). The molecule has 1 unspecified atom stereocenters. The Hall–Kier alpha value is -1.24. The van der Waals surface area contributed by atoms with Crippen molar-refractivity contribution >= 4 is 21.9 Å². The summed E-state index contributed by atoms with van der Waals surface area (Å²) in [7, 11) is 0. The summed E-state index contributed by atoms with van der Waals surface area (Å²) in [5.74, 6) is -1.61. The molecule has 1 N–H and O–H groups in total. The van der Waals surface area contributed by atoms with E-state index in [-0.39, 0.29) is 5.75 Å². The quantitative estimate of drug-likeness (QED) is 0.928. The predicted molar refractivity (Wildman–Crippen MR) is 56.9 cm³/mol. The number of aliphatic carboxylic acids is 1. The summed E-state index contributed by atoms with van der Waals surface area (Å²) in [6.07, 6.45) is -8.20. The molecule has 1 aromatic rings. The molecule has 0 aromatic heterocycles. The molecule has 0 amide bonds. The molecule has 0 spiro atoms. The van der Waals surface area contributed by atoms with Gasteiger partial charge in [0.05, 0.1) is 6.42 Å². The molecule has 7 heteroatoms. The highest BCUT2D eigenvalue weighted by molar-refractivity contribution is 9.10. The maximum absolute atomic E-state index is 12.5. The van der Waals surface area contributed by atoms with Crippen molar-refractivity contribution in [3.05, 3.63) is 28.7 Å². The SMILES string of the molecule is O=C(O)CC(Oc1cccc(Br)c1)C(F)(F)F. The molecule has 0 saturated heterocycles. The van der Waals surface area contributed by atoms with Crippen molar-refractivity contribution in [2.45, 2.75) is 18.7 Å². The number of hydrogen-bond acceptors (Lipinski definition) is 2. The number of halogens is 4. The first kappa shape index (κ1) is 13.8. The van der Waals surface area contributed by atoms with Gasteiger partial charge in [-0.3, -0.25) is 4.79 Å². The van der Waals surface area contributed by atoms with Gasteiger partial charge < -0.3 is 9.84 Å². The van der Waals surface area contributed by atoms with Crippen LogP contribution in [0.1, 0.15) is 6.42 Å². The highest BCUT2D eigenvalue weighted by atomic mass is 79.9. The van der Waals surface area contributed by atoms with Gasteiger partial charge in [0.15, 0.2) is 0 Å². The highest BCUT2D eigenvalue weighted by Crippen LogP contribution is 2.28. The van der Waals surface area contributed by atoms with E-state index in [0.717, 1.165) is 0 Å². The zero-order valence-electron chi connectivity index (χ0n) is 8.37. The van der Waals surface area contributed by atoms with Crippen LogP contribution in [-0.2, 0) is 4.79 Å². The molecule has 0 aliphatic rings. The average Bonchev–Trinajstić information content (AvgIpc) is 2.14. The van der Waals surface area contributed by atoms with Crippen LogP contribution in [0.2, 0.25) is 0 Å². The average molecular weight is 313 g/mol. The molecular weight excluding hydrogens is 305 g/mol. The second-order valence-corrected chi connectivity index (χ2v) is 4.12. The number of ether oxygens (including phenoxy) is 1. The van der Waals surface area contributed by atoms with Crippen LogP contribution in [0.3, 0.4) is 0 Å². The van der Waals surface area contributed by atoms with Crippen LogP contribution in [-0.4, -0.2) is 23.4 Å². The van der Waals surface area contributed by atoms with Crippen molar-refractivity contribution in [1.82, 2.24) is 0 Å². The minimum absolute atomic E-state index is 0.0389. The minimum Gasteiger partial charge on any atom is -0.481 e. The molecular formula is C10H8BrF3O3. The van der Waals surface area contributed by atoms with Crippen molar-refractivity contribution in [2.24, 2.45) is 0 Å². The Morgan fingerprint density at radius 1 is 1.47 bits per heavy atom. The van der Waals surface area contributed by atoms with Gasteiger partial charge in [-0.05, 0) is 18.2 Å². The van der Waals surface area contributed by atoms with Gasteiger partial charge in [-0.25, -0.2) is 0 Å². The van der Waals surface area contributed by atoms with E-state index in [9.17, 15) is 18.0 Å². The third kappa shape index (κ3) is 4.64. The lowest BCUT2D eigenvalue weighted by atomic mass is 10.2. The monoisotopic (exact) mass is 312 g/mol. The van der Waals surface area contributed by atoms with Gasteiger partial charge in [0.1, 0.15) is 5.75 Å². The normalized spacial score (nSPS) is 13.2. The van der Waals surface area contributed by atoms with Gasteiger partial charge >= 0.3 is 12.1 Å². The van der Waals surface area contributed by atoms with Crippen molar-refractivity contribution in [3.63, 3.8) is 0 Å². The first-order valence-electron chi connectivity index (χ1n) is 4.50. The first-order valence-corrected chi connectivity index (χ1v) is 5.29. The summed E-state index contributed by atoms with van der Waals surface area (Å²) in [6.45, 7) is 0. The Morgan fingerprint density at radius 3 is 2.59 bits per heavy atom. The fraction of sp³-hybridized carbons (Fsp3) is 0.300. The van der Waals surface area contributed by atoms with E-state index >= 15 is 0 Å². The van der Waals surface area contributed by atoms with Gasteiger partial charge in [0, 0.05) is 4.47 Å². The fourth-order valence-corrected chi connectivity index (χ4v) is 1.47. The van der Waals surface area contributed by atoms with Gasteiger partial charge in [0.2, 0.25) is 6.10 Å². The molecule has 0 aliphatic heterocycles. The molecule has 1 atom stereocenters. The Labute approximate surface area is 103 Å². The van der Waals surface area contributed by atoms with E-state index in [0.29, 0.717) is 4.47 Å². The predicted octanol–water partition coefficient (Wildman–Crippen LogP) is 3.23. The summed E-state index contributed by atoms with van der Waals surface area (Å²) < 4.78 is 42.6. The minimum atomic E-state index is -4.72. The third-order valence-electron chi connectivity index (χ3n) is 1.80. The van der Waals surface area contributed by atoms with Gasteiger partial charge in [-0.1, -0.05) is 22.0 Å². The molecule has 0 heterocycles. The lowest BCUT2D eigenvalue weighted by Gasteiger charge is -2.20. The molecule has 0 radical (unpaired) electrons. The number of carboxylic acid groups (broad SMARTS) is 1. The van der Waals surface area contributed by atoms with Gasteiger partial charge in [-0.2, -0.15) is 13.2 Å². The lowest BCUT2D eigenvalue weighted by Crippen LogP contribution is -2.36. The van der Waals surface area contributed by atoms with Crippen LogP contribution in [0.5, 0.6) is 5.75 Å². The number of rotatable bonds is 4. The number of hydrogen-bond donors (Lipinski definition) is 1. The Kier molecular flexibility index (Phi) is 4.39. The first-order chi connectivity index (χ1) is 7.79. The molecule has 3 nitrogen and oxygen atoms in total. The Morgan fingerprint density at radius 2 is 2.12 bits per heavy atom. The molecule has 0 saturated carbocycles. The summed E-state index contributed by atoms with van der Waals surface area (Å²) in [5, 5.41) is 8.39. The molecule has 0 aliphatic carbocycles. The van der Waals surface area contributed by atoms with Crippen molar-refractivity contribution in [1.29, 1.82) is 0 Å². The van der Waals surface area contributed by atoms with Crippen molar-refractivity contribution in [2.75, 3.05) is 0 Å². The lowest BCUT2D eigenvalue weighted by molar-refractivity contribution is -0.200. The summed E-state index contributed by atoms with van der Waals surface area (Å²) in [5.41, 5.74) is 0. The summed E-state index contributed by atoms with van der Waals surface area (Å²) in [6, 6.07) is 5.77. The number of benzene rings is 1. The van der Waals surface area contributed by atoms with E-state index in [1.165, 1.54) is 18.2 Å². The van der Waals surface area contributed by atoms with E-state index in [1.807, 2.05) is 0 Å². The van der Waals surface area contributed by atoms with Crippen LogP contribution < -0.4 is 4.74 Å². The number of carboxylic acids is 1. The van der Waals surface area contributed by atoms with Crippen LogP contribution in [0.15, 0.2) is 28.7 Å². The van der Waals surface area contributed by atoms with E-state index < -0.39 is 24.7 Å². The van der Waals surface area contributed by atoms with E-state index in [4.69, 9.17) is 5.11 Å². The Balaban J connectivity index is 2.83. The maximum atomic E-state index is 12.5. The highest BCUT2D eigenvalue weighted by Gasteiger charge is 2.43. The second-order valence-electron chi connectivity index (χ2n) is 3.20. The van der Waals surface area contributed by atoms with E-state index in [2.05, 4.69) is 20.7 Å². The molecule has 0 bridgehead atoms. The van der Waals surface area contributed by atoms with E-state index in [1.54, 1.807) is 6.07 Å². The number of carbonyl (C=O) groups is 1. The maximum Gasteiger partial charge on any atom is 0.425 e. The van der Waals surface area contributed by atoms with Crippen molar-refractivity contribution in [3.8, 4) is 5.75 Å². The summed E-state index contributed by atoms with van der Waals surface area (Å²) in [4.78, 5) is 10.3. The van der Waals surface area contributed by atoms with Crippen molar-refractivity contribution < 1.29 is 27.8 Å². The molecule has 1 rings (SSSR count). The zero-order valence-corrected chi connectivity index (χ0v) is 9.96. The summed E-state index contributed by atoms with van der Waals surface area (Å²) >= 11 is 3.08. The van der Waals surface area contributed by atoms with Gasteiger partial charge in [0.25, 0.3) is 0 Å². The zero-order chi connectivity index (χ0) is 13.1. The topological polar surface area (TPSA) is 46.5 Å². The molecule has 94 valence electrons. The van der Waals surface area contributed by atoms with Crippen LogP contribution in [0.4, 0.5) is 13.2 Å². The van der Waals surface area contributed by atoms with Crippen LogP contribution in [0.25, 0.3) is 0 Å². The van der Waals surface area contributed by atoms with Crippen LogP contribution >= 0.6 is 15.9 Å². The van der Waals surface area contributed by atoms with Crippen LogP contribution in [0, 0.1) is 0 Å².